The Morgan fingerprint density at radius 2 is 2.00 bits per heavy atom. The van der Waals surface area contributed by atoms with Crippen molar-refractivity contribution in [2.45, 2.75) is 26.3 Å². The van der Waals surface area contributed by atoms with Crippen LogP contribution in [0, 0.1) is 0 Å². The van der Waals surface area contributed by atoms with Crippen LogP contribution in [0.4, 0.5) is 0 Å². The van der Waals surface area contributed by atoms with E-state index in [4.69, 9.17) is 9.84 Å². The maximum atomic E-state index is 10.7. The second-order valence-electron chi connectivity index (χ2n) is 4.14. The number of carbonyl (C=O) groups is 1. The second-order valence-corrected chi connectivity index (χ2v) is 4.14. The third-order valence-corrected chi connectivity index (χ3v) is 2.52. The Hall–Kier alpha value is -1.39. The fourth-order valence-corrected chi connectivity index (χ4v) is 1.54. The Morgan fingerprint density at radius 1 is 1.28 bits per heavy atom. The summed E-state index contributed by atoms with van der Waals surface area (Å²) < 4.78 is 5.37. The van der Waals surface area contributed by atoms with E-state index in [-0.39, 0.29) is 0 Å². The van der Waals surface area contributed by atoms with Crippen LogP contribution in [0.3, 0.4) is 0 Å². The molecule has 0 aliphatic heterocycles. The molecule has 0 aromatic heterocycles. The van der Waals surface area contributed by atoms with Gasteiger partial charge in [0.2, 0.25) is 0 Å². The summed E-state index contributed by atoms with van der Waals surface area (Å²) >= 11 is 0. The molecule has 0 spiro atoms. The number of benzene rings is 1. The molecule has 18 heavy (non-hydrogen) atoms. The average Bonchev–Trinajstić information content (AvgIpc) is 2.38. The van der Waals surface area contributed by atoms with Gasteiger partial charge in [-0.25, -0.2) is 4.79 Å². The van der Waals surface area contributed by atoms with Crippen molar-refractivity contribution in [3.8, 4) is 0 Å². The van der Waals surface area contributed by atoms with Crippen molar-refractivity contribution in [3.63, 3.8) is 0 Å². The van der Waals surface area contributed by atoms with Crippen LogP contribution in [-0.4, -0.2) is 30.8 Å². The number of nitrogens with one attached hydrogen (secondary N) is 1. The van der Waals surface area contributed by atoms with Crippen molar-refractivity contribution in [1.29, 1.82) is 0 Å². The summed E-state index contributed by atoms with van der Waals surface area (Å²) in [6.45, 7) is 5.38. The fraction of sp³-hybridized carbons (Fsp3) is 0.500. The minimum atomic E-state index is -0.886. The van der Waals surface area contributed by atoms with Crippen LogP contribution in [0.15, 0.2) is 24.3 Å². The van der Waals surface area contributed by atoms with Crippen LogP contribution >= 0.6 is 0 Å². The van der Waals surface area contributed by atoms with Gasteiger partial charge in [-0.2, -0.15) is 0 Å². The highest BCUT2D eigenvalue weighted by Gasteiger charge is 2.01. The number of hydrogen-bond acceptors (Lipinski definition) is 3. The molecular formula is C14H21NO3. The Morgan fingerprint density at radius 3 is 2.61 bits per heavy atom. The molecule has 4 heteroatoms. The molecule has 0 heterocycles. The number of ether oxygens (including phenoxy) is 1. The molecule has 0 atom stereocenters. The maximum absolute atomic E-state index is 10.7. The Bertz CT molecular complexity index is 349. The number of carboxylic acids is 1. The van der Waals surface area contributed by atoms with Gasteiger partial charge in [0.25, 0.3) is 0 Å². The molecule has 0 amide bonds. The van der Waals surface area contributed by atoms with Gasteiger partial charge >= 0.3 is 5.97 Å². The lowest BCUT2D eigenvalue weighted by Gasteiger charge is -2.06. The number of carboxylic acid groups (broad SMARTS) is 1. The third-order valence-electron chi connectivity index (χ3n) is 2.52. The summed E-state index contributed by atoms with van der Waals surface area (Å²) in [7, 11) is 0. The Kier molecular flexibility index (Phi) is 7.06. The highest BCUT2D eigenvalue weighted by atomic mass is 16.5. The van der Waals surface area contributed by atoms with Crippen molar-refractivity contribution < 1.29 is 14.6 Å². The van der Waals surface area contributed by atoms with Crippen LogP contribution in [-0.2, 0) is 11.3 Å². The van der Waals surface area contributed by atoms with Crippen LogP contribution in [0.1, 0.15) is 35.7 Å². The number of hydrogen-bond donors (Lipinski definition) is 2. The van der Waals surface area contributed by atoms with E-state index >= 15 is 0 Å². The molecule has 100 valence electrons. The molecular weight excluding hydrogens is 230 g/mol. The molecule has 1 aromatic carbocycles. The molecule has 0 fully saturated rings. The topological polar surface area (TPSA) is 58.6 Å². The molecule has 0 aliphatic carbocycles. The predicted octanol–water partition coefficient (Wildman–Crippen LogP) is 2.29. The summed E-state index contributed by atoms with van der Waals surface area (Å²) in [4.78, 5) is 10.7. The molecule has 2 N–H and O–H groups in total. The van der Waals surface area contributed by atoms with E-state index in [2.05, 4.69) is 12.2 Å². The van der Waals surface area contributed by atoms with E-state index < -0.39 is 5.97 Å². The van der Waals surface area contributed by atoms with Gasteiger partial charge in [-0.15, -0.1) is 0 Å². The molecule has 0 saturated heterocycles. The molecule has 0 aliphatic rings. The van der Waals surface area contributed by atoms with Crippen LogP contribution in [0.25, 0.3) is 0 Å². The van der Waals surface area contributed by atoms with Gasteiger partial charge in [-0.05, 0) is 37.1 Å². The number of aromatic carboxylic acids is 1. The normalized spacial score (nSPS) is 10.5. The molecule has 0 saturated carbocycles. The van der Waals surface area contributed by atoms with Crippen LogP contribution < -0.4 is 5.32 Å². The molecule has 0 unspecified atom stereocenters. The molecule has 0 bridgehead atoms. The van der Waals surface area contributed by atoms with Gasteiger partial charge < -0.3 is 15.2 Å². The van der Waals surface area contributed by atoms with E-state index in [0.717, 1.165) is 44.7 Å². The quantitative estimate of drug-likeness (QED) is 0.661. The number of rotatable bonds is 9. The summed E-state index contributed by atoms with van der Waals surface area (Å²) in [6, 6.07) is 6.93. The van der Waals surface area contributed by atoms with Crippen LogP contribution in [0.5, 0.6) is 0 Å². The van der Waals surface area contributed by atoms with Gasteiger partial charge in [-0.3, -0.25) is 0 Å². The summed E-state index contributed by atoms with van der Waals surface area (Å²) in [5.74, 6) is -0.886. The predicted molar refractivity (Wildman–Crippen MR) is 70.8 cm³/mol. The zero-order valence-corrected chi connectivity index (χ0v) is 10.8. The fourth-order valence-electron chi connectivity index (χ4n) is 1.54. The second kappa shape index (κ2) is 8.66. The smallest absolute Gasteiger partial charge is 0.335 e. The zero-order chi connectivity index (χ0) is 13.2. The molecule has 1 rings (SSSR count). The van der Waals surface area contributed by atoms with Crippen molar-refractivity contribution in [2.24, 2.45) is 0 Å². The SMILES string of the molecule is CCCOCCCNCc1ccc(C(=O)O)cc1. The lowest BCUT2D eigenvalue weighted by atomic mass is 10.1. The lowest BCUT2D eigenvalue weighted by Crippen LogP contribution is -2.16. The van der Waals surface area contributed by atoms with Crippen LogP contribution in [0.2, 0.25) is 0 Å². The standard InChI is InChI=1S/C14H21NO3/c1-2-9-18-10-3-8-15-11-12-4-6-13(7-5-12)14(16)17/h4-7,15H,2-3,8-11H2,1H3,(H,16,17). The zero-order valence-electron chi connectivity index (χ0n) is 10.8. The summed E-state index contributed by atoms with van der Waals surface area (Å²) in [6.07, 6.45) is 2.05. The highest BCUT2D eigenvalue weighted by Crippen LogP contribution is 2.04. The van der Waals surface area contributed by atoms with E-state index in [1.54, 1.807) is 12.1 Å². The first-order chi connectivity index (χ1) is 8.74. The first kappa shape index (κ1) is 14.7. The van der Waals surface area contributed by atoms with Gasteiger partial charge in [0.15, 0.2) is 0 Å². The third kappa shape index (κ3) is 5.80. The first-order valence-electron chi connectivity index (χ1n) is 6.34. The Balaban J connectivity index is 2.14. The van der Waals surface area contributed by atoms with Crippen molar-refractivity contribution in [2.75, 3.05) is 19.8 Å². The lowest BCUT2D eigenvalue weighted by molar-refractivity contribution is 0.0697. The van der Waals surface area contributed by atoms with Gasteiger partial charge in [0.1, 0.15) is 0 Å². The average molecular weight is 251 g/mol. The van der Waals surface area contributed by atoms with Gasteiger partial charge in [0.05, 0.1) is 5.56 Å². The monoisotopic (exact) mass is 251 g/mol. The molecule has 4 nitrogen and oxygen atoms in total. The summed E-state index contributed by atoms with van der Waals surface area (Å²) in [5, 5.41) is 12.1. The minimum Gasteiger partial charge on any atom is -0.478 e. The summed E-state index contributed by atoms with van der Waals surface area (Å²) in [5.41, 5.74) is 1.42. The van der Waals surface area contributed by atoms with Gasteiger partial charge in [0, 0.05) is 19.8 Å². The minimum absolute atomic E-state index is 0.326. The van der Waals surface area contributed by atoms with E-state index in [0.29, 0.717) is 5.56 Å². The highest BCUT2D eigenvalue weighted by molar-refractivity contribution is 5.87. The Labute approximate surface area is 108 Å². The van der Waals surface area contributed by atoms with E-state index in [1.165, 1.54) is 0 Å². The maximum Gasteiger partial charge on any atom is 0.335 e. The van der Waals surface area contributed by atoms with Crippen molar-refractivity contribution >= 4 is 5.97 Å². The molecule has 1 aromatic rings. The van der Waals surface area contributed by atoms with Gasteiger partial charge in [-0.1, -0.05) is 19.1 Å². The van der Waals surface area contributed by atoms with E-state index in [1.807, 2.05) is 12.1 Å². The van der Waals surface area contributed by atoms with E-state index in [9.17, 15) is 4.79 Å². The van der Waals surface area contributed by atoms with Crippen molar-refractivity contribution in [1.82, 2.24) is 5.32 Å². The largest absolute Gasteiger partial charge is 0.478 e. The first-order valence-corrected chi connectivity index (χ1v) is 6.34. The van der Waals surface area contributed by atoms with Crippen molar-refractivity contribution in [3.05, 3.63) is 35.4 Å². The molecule has 0 radical (unpaired) electrons.